The average Bonchev–Trinajstić information content (AvgIpc) is 3.14. The number of hydrogen-bond donors (Lipinski definition) is 0. The Kier molecular flexibility index (Phi) is 4.99. The summed E-state index contributed by atoms with van der Waals surface area (Å²) in [6.07, 6.45) is -2.63. The van der Waals surface area contributed by atoms with Gasteiger partial charge in [-0.25, -0.2) is 9.97 Å². The van der Waals surface area contributed by atoms with E-state index in [4.69, 9.17) is 0 Å². The van der Waals surface area contributed by atoms with Crippen molar-refractivity contribution in [1.29, 1.82) is 0 Å². The maximum Gasteiger partial charge on any atom is 0.391 e. The predicted molar refractivity (Wildman–Crippen MR) is 103 cm³/mol. The Hall–Kier alpha value is -2.22. The smallest absolute Gasteiger partial charge is 0.269 e. The Balaban J connectivity index is 1.76. The molecule has 0 N–H and O–H groups in total. The molecule has 1 aliphatic rings. The number of hydrogen-bond acceptors (Lipinski definition) is 4. The van der Waals surface area contributed by atoms with Crippen LogP contribution in [0.25, 0.3) is 15.9 Å². The van der Waals surface area contributed by atoms with E-state index in [0.29, 0.717) is 36.5 Å². The monoisotopic (exact) mass is 407 g/mol. The summed E-state index contributed by atoms with van der Waals surface area (Å²) in [5.41, 5.74) is 3.77. The van der Waals surface area contributed by atoms with Crippen LogP contribution in [-0.2, 0) is 6.42 Å². The zero-order valence-corrected chi connectivity index (χ0v) is 16.2. The number of thiazole rings is 1. The molecule has 0 unspecified atom stereocenters. The van der Waals surface area contributed by atoms with Gasteiger partial charge in [-0.1, -0.05) is 6.92 Å². The first-order chi connectivity index (χ1) is 13.4. The number of alkyl halides is 3. The molecule has 0 amide bonds. The predicted octanol–water partition coefficient (Wildman–Crippen LogP) is 5.24. The maximum atomic E-state index is 13.0. The fourth-order valence-electron chi connectivity index (χ4n) is 3.93. The number of benzene rings is 1. The fourth-order valence-corrected chi connectivity index (χ4v) is 4.64. The molecule has 0 aliphatic heterocycles. The number of aryl methyl sites for hydroxylation is 1. The Labute approximate surface area is 164 Å². The van der Waals surface area contributed by atoms with Gasteiger partial charge in [0, 0.05) is 17.7 Å². The summed E-state index contributed by atoms with van der Waals surface area (Å²) in [4.78, 5) is 21.8. The molecule has 3 aromatic rings. The van der Waals surface area contributed by atoms with Gasteiger partial charge < -0.3 is 0 Å². The van der Waals surface area contributed by atoms with E-state index < -0.39 is 12.1 Å². The number of nitrogens with zero attached hydrogens (tertiary/aromatic N) is 3. The van der Waals surface area contributed by atoms with Crippen LogP contribution in [0.1, 0.15) is 50.0 Å². The van der Waals surface area contributed by atoms with Crippen LogP contribution in [-0.4, -0.2) is 20.7 Å². The summed E-state index contributed by atoms with van der Waals surface area (Å²) in [5, 5.41) is 0. The van der Waals surface area contributed by atoms with Gasteiger partial charge in [0.05, 0.1) is 27.3 Å². The van der Waals surface area contributed by atoms with Gasteiger partial charge in [-0.05, 0) is 50.3 Å². The highest BCUT2D eigenvalue weighted by Crippen LogP contribution is 2.42. The molecular formula is C20H20F3N3OS. The summed E-state index contributed by atoms with van der Waals surface area (Å²) in [7, 11) is 0. The largest absolute Gasteiger partial charge is 0.391 e. The highest BCUT2D eigenvalue weighted by molar-refractivity contribution is 7.16. The Bertz CT molecular complexity index is 1050. The van der Waals surface area contributed by atoms with Gasteiger partial charge in [0.15, 0.2) is 0 Å². The summed E-state index contributed by atoms with van der Waals surface area (Å²) in [6.45, 7) is 1.92. The van der Waals surface area contributed by atoms with Crippen LogP contribution in [0.4, 0.5) is 13.2 Å². The molecule has 1 saturated carbocycles. The third-order valence-electron chi connectivity index (χ3n) is 5.49. The summed E-state index contributed by atoms with van der Waals surface area (Å²) in [6, 6.07) is 7.08. The highest BCUT2D eigenvalue weighted by atomic mass is 32.1. The van der Waals surface area contributed by atoms with Gasteiger partial charge in [-0.3, -0.25) is 9.36 Å². The van der Waals surface area contributed by atoms with Crippen LogP contribution in [0, 0.1) is 5.92 Å². The first-order valence-corrected chi connectivity index (χ1v) is 10.3. The topological polar surface area (TPSA) is 47.8 Å². The van der Waals surface area contributed by atoms with Crippen molar-refractivity contribution in [3.05, 3.63) is 51.6 Å². The molecule has 1 fully saturated rings. The fraction of sp³-hybridized carbons (Fsp3) is 0.450. The third-order valence-corrected chi connectivity index (χ3v) is 6.28. The van der Waals surface area contributed by atoms with Crippen molar-refractivity contribution in [2.45, 2.75) is 51.1 Å². The van der Waals surface area contributed by atoms with Crippen LogP contribution in [0.15, 0.2) is 34.6 Å². The zero-order valence-electron chi connectivity index (χ0n) is 15.4. The van der Waals surface area contributed by atoms with Crippen molar-refractivity contribution < 1.29 is 13.2 Å². The minimum Gasteiger partial charge on any atom is -0.269 e. The summed E-state index contributed by atoms with van der Waals surface area (Å²) >= 11 is 1.48. The van der Waals surface area contributed by atoms with Gasteiger partial charge in [-0.15, -0.1) is 11.3 Å². The lowest BCUT2D eigenvalue weighted by molar-refractivity contribution is -0.182. The van der Waals surface area contributed by atoms with E-state index in [1.165, 1.54) is 17.4 Å². The first-order valence-electron chi connectivity index (χ1n) is 9.40. The molecule has 2 aromatic heterocycles. The zero-order chi connectivity index (χ0) is 19.9. The van der Waals surface area contributed by atoms with E-state index in [0.717, 1.165) is 10.2 Å². The minimum atomic E-state index is -4.15. The molecule has 8 heteroatoms. The summed E-state index contributed by atoms with van der Waals surface area (Å²) < 4.78 is 41.6. The SMILES string of the molecule is CCc1cc(=O)n(-c2ccc3ncsc3c2)c(C2CCC(C(F)(F)F)CC2)n1. The lowest BCUT2D eigenvalue weighted by atomic mass is 9.81. The molecular weight excluding hydrogens is 387 g/mol. The molecule has 0 bridgehead atoms. The van der Waals surface area contributed by atoms with Crippen LogP contribution in [0.2, 0.25) is 0 Å². The van der Waals surface area contributed by atoms with Crippen LogP contribution in [0.3, 0.4) is 0 Å². The van der Waals surface area contributed by atoms with Crippen LogP contribution in [0.5, 0.6) is 0 Å². The molecule has 0 saturated heterocycles. The molecule has 0 radical (unpaired) electrons. The second-order valence-electron chi connectivity index (χ2n) is 7.23. The van der Waals surface area contributed by atoms with Crippen LogP contribution >= 0.6 is 11.3 Å². The first kappa shape index (κ1) is 19.1. The molecule has 1 aromatic carbocycles. The quantitative estimate of drug-likeness (QED) is 0.596. The Morgan fingerprint density at radius 2 is 1.93 bits per heavy atom. The number of aromatic nitrogens is 3. The average molecular weight is 407 g/mol. The molecule has 1 aliphatic carbocycles. The van der Waals surface area contributed by atoms with Crippen molar-refractivity contribution in [2.24, 2.45) is 5.92 Å². The number of fused-ring (bicyclic) bond motifs is 1. The van der Waals surface area contributed by atoms with Crippen molar-refractivity contribution in [3.8, 4) is 5.69 Å². The highest BCUT2D eigenvalue weighted by Gasteiger charge is 2.42. The maximum absolute atomic E-state index is 13.0. The normalized spacial score (nSPS) is 20.6. The standard InChI is InChI=1S/C20H20F3N3OS/c1-2-14-9-18(27)26(15-7-8-16-17(10-15)28-11-24-16)19(25-14)12-3-5-13(6-4-12)20(21,22)23/h7-13H,2-6H2,1H3. The molecule has 148 valence electrons. The third kappa shape index (κ3) is 3.57. The van der Waals surface area contributed by atoms with Gasteiger partial charge in [0.1, 0.15) is 5.82 Å². The summed E-state index contributed by atoms with van der Waals surface area (Å²) in [5.74, 6) is -0.837. The van der Waals surface area contributed by atoms with Gasteiger partial charge >= 0.3 is 6.18 Å². The number of rotatable bonds is 3. The van der Waals surface area contributed by atoms with Crippen molar-refractivity contribution in [3.63, 3.8) is 0 Å². The van der Waals surface area contributed by atoms with E-state index in [1.54, 1.807) is 10.1 Å². The van der Waals surface area contributed by atoms with E-state index in [-0.39, 0.29) is 24.3 Å². The van der Waals surface area contributed by atoms with Crippen molar-refractivity contribution in [1.82, 2.24) is 14.5 Å². The molecule has 4 rings (SSSR count). The van der Waals surface area contributed by atoms with Crippen molar-refractivity contribution in [2.75, 3.05) is 0 Å². The molecule has 0 spiro atoms. The Morgan fingerprint density at radius 1 is 1.18 bits per heavy atom. The van der Waals surface area contributed by atoms with Crippen molar-refractivity contribution >= 4 is 21.6 Å². The molecule has 4 nitrogen and oxygen atoms in total. The molecule has 0 atom stereocenters. The Morgan fingerprint density at radius 3 is 2.61 bits per heavy atom. The lowest BCUT2D eigenvalue weighted by Crippen LogP contribution is -2.31. The lowest BCUT2D eigenvalue weighted by Gasteiger charge is -2.30. The van der Waals surface area contributed by atoms with Gasteiger partial charge in [-0.2, -0.15) is 13.2 Å². The minimum absolute atomic E-state index is 0.0776. The van der Waals surface area contributed by atoms with Gasteiger partial charge in [0.2, 0.25) is 0 Å². The molecule has 28 heavy (non-hydrogen) atoms. The van der Waals surface area contributed by atoms with Gasteiger partial charge in [0.25, 0.3) is 5.56 Å². The van der Waals surface area contributed by atoms with E-state index in [1.807, 2.05) is 25.1 Å². The second kappa shape index (κ2) is 7.31. The second-order valence-corrected chi connectivity index (χ2v) is 8.11. The number of halogens is 3. The van der Waals surface area contributed by atoms with E-state index >= 15 is 0 Å². The van der Waals surface area contributed by atoms with E-state index in [9.17, 15) is 18.0 Å². The van der Waals surface area contributed by atoms with E-state index in [2.05, 4.69) is 9.97 Å². The van der Waals surface area contributed by atoms with Crippen LogP contribution < -0.4 is 5.56 Å². The molecule has 2 heterocycles.